The third-order valence-electron chi connectivity index (χ3n) is 3.13. The van der Waals surface area contributed by atoms with Crippen molar-refractivity contribution in [2.75, 3.05) is 20.1 Å². The van der Waals surface area contributed by atoms with Gasteiger partial charge in [0.2, 0.25) is 0 Å². The normalized spacial score (nSPS) is 25.9. The Kier molecular flexibility index (Phi) is 4.34. The van der Waals surface area contributed by atoms with E-state index < -0.39 is 0 Å². The zero-order valence-corrected chi connectivity index (χ0v) is 10.5. The number of likely N-dealkylation sites (tertiary alicyclic amines) is 1. The van der Waals surface area contributed by atoms with Crippen LogP contribution in [0.2, 0.25) is 0 Å². The first-order chi connectivity index (χ1) is 7.21. The molecule has 1 aliphatic heterocycles. The molecule has 0 amide bonds. The molecule has 15 heavy (non-hydrogen) atoms. The summed E-state index contributed by atoms with van der Waals surface area (Å²) in [5, 5.41) is 0. The fraction of sp³-hybridized carbons (Fsp3) is 0.571. The molecule has 0 aliphatic carbocycles. The van der Waals surface area contributed by atoms with Crippen molar-refractivity contribution in [2.45, 2.75) is 32.6 Å². The van der Waals surface area contributed by atoms with Crippen molar-refractivity contribution in [1.29, 1.82) is 0 Å². The molecule has 0 saturated carbocycles. The lowest BCUT2D eigenvalue weighted by molar-refractivity contribution is 0.381. The first-order valence-electron chi connectivity index (χ1n) is 5.95. The Hall–Kier alpha value is -0.820. The molecule has 0 radical (unpaired) electrons. The van der Waals surface area contributed by atoms with Crippen LogP contribution in [-0.4, -0.2) is 25.0 Å². The van der Waals surface area contributed by atoms with Gasteiger partial charge in [0.1, 0.15) is 0 Å². The predicted molar refractivity (Wildman–Crippen MR) is 67.3 cm³/mol. The summed E-state index contributed by atoms with van der Waals surface area (Å²) in [6, 6.07) is 10.9. The van der Waals surface area contributed by atoms with Crippen molar-refractivity contribution in [1.82, 2.24) is 4.90 Å². The van der Waals surface area contributed by atoms with Crippen LogP contribution in [0.5, 0.6) is 0 Å². The summed E-state index contributed by atoms with van der Waals surface area (Å²) in [6.45, 7) is 8.79. The van der Waals surface area contributed by atoms with E-state index in [1.165, 1.54) is 25.1 Å². The maximum atomic E-state index is 2.41. The topological polar surface area (TPSA) is 3.24 Å². The van der Waals surface area contributed by atoms with Gasteiger partial charge in [-0.1, -0.05) is 51.1 Å². The van der Waals surface area contributed by atoms with Crippen molar-refractivity contribution >= 4 is 0 Å². The number of benzene rings is 1. The van der Waals surface area contributed by atoms with Gasteiger partial charge in [0.15, 0.2) is 0 Å². The average molecular weight is 205 g/mol. The van der Waals surface area contributed by atoms with Gasteiger partial charge in [-0.15, -0.1) is 0 Å². The largest absolute Gasteiger partial charge is 0.305 e. The van der Waals surface area contributed by atoms with Crippen LogP contribution in [0.1, 0.15) is 32.8 Å². The molecule has 1 aromatic rings. The fourth-order valence-corrected chi connectivity index (χ4v) is 2.27. The molecule has 0 spiro atoms. The van der Waals surface area contributed by atoms with E-state index in [-0.39, 0.29) is 0 Å². The van der Waals surface area contributed by atoms with Crippen LogP contribution in [0, 0.1) is 0 Å². The smallest absolute Gasteiger partial charge is 0.00734 e. The van der Waals surface area contributed by atoms with Gasteiger partial charge in [-0.05, 0) is 25.6 Å². The summed E-state index contributed by atoms with van der Waals surface area (Å²) in [5.74, 6) is 0. The van der Waals surface area contributed by atoms with Gasteiger partial charge in [-0.25, -0.2) is 0 Å². The van der Waals surface area contributed by atoms with Gasteiger partial charge in [0.25, 0.3) is 0 Å². The van der Waals surface area contributed by atoms with Crippen molar-refractivity contribution in [3.05, 3.63) is 35.9 Å². The first kappa shape index (κ1) is 12.3. The van der Waals surface area contributed by atoms with Gasteiger partial charge in [0.05, 0.1) is 0 Å². The molecule has 1 heteroatoms. The number of rotatable bonds is 1. The lowest BCUT2D eigenvalue weighted by atomic mass is 9.82. The first-order valence-corrected chi connectivity index (χ1v) is 5.95. The lowest BCUT2D eigenvalue weighted by Crippen LogP contribution is -2.25. The maximum absolute atomic E-state index is 2.41. The number of hydrogen-bond acceptors (Lipinski definition) is 1. The highest BCUT2D eigenvalue weighted by atomic mass is 15.1. The van der Waals surface area contributed by atoms with Gasteiger partial charge in [-0.3, -0.25) is 0 Å². The zero-order valence-electron chi connectivity index (χ0n) is 10.5. The summed E-state index contributed by atoms with van der Waals surface area (Å²) in [6.07, 6.45) is 1.29. The van der Waals surface area contributed by atoms with Gasteiger partial charge < -0.3 is 4.90 Å². The van der Waals surface area contributed by atoms with Crippen molar-refractivity contribution < 1.29 is 0 Å². The second-order valence-electron chi connectivity index (χ2n) is 4.41. The van der Waals surface area contributed by atoms with Crippen molar-refractivity contribution in [2.24, 2.45) is 0 Å². The van der Waals surface area contributed by atoms with E-state index in [1.54, 1.807) is 0 Å². The molecule has 1 aliphatic rings. The summed E-state index contributed by atoms with van der Waals surface area (Å²) >= 11 is 0. The van der Waals surface area contributed by atoms with Crippen molar-refractivity contribution in [3.8, 4) is 0 Å². The molecule has 1 atom stereocenters. The second kappa shape index (κ2) is 5.32. The lowest BCUT2D eigenvalue weighted by Gasteiger charge is -2.24. The molecular formula is C14H23N. The fourth-order valence-electron chi connectivity index (χ4n) is 2.27. The number of nitrogens with zero attached hydrogens (tertiary/aromatic N) is 1. The quantitative estimate of drug-likeness (QED) is 0.680. The Morgan fingerprint density at radius 3 is 2.20 bits per heavy atom. The molecule has 0 aromatic heterocycles. The molecule has 0 bridgehead atoms. The van der Waals surface area contributed by atoms with Gasteiger partial charge >= 0.3 is 0 Å². The highest BCUT2D eigenvalue weighted by molar-refractivity contribution is 5.26. The molecule has 1 fully saturated rings. The SMILES string of the molecule is CC.CN1CC[C@](C)(c2ccccc2)C1. The minimum Gasteiger partial charge on any atom is -0.305 e. The molecule has 0 N–H and O–H groups in total. The molecule has 2 rings (SSSR count). The van der Waals surface area contributed by atoms with Crippen LogP contribution in [0.4, 0.5) is 0 Å². The summed E-state index contributed by atoms with van der Waals surface area (Å²) < 4.78 is 0. The Morgan fingerprint density at radius 2 is 1.73 bits per heavy atom. The van der Waals surface area contributed by atoms with Gasteiger partial charge in [0, 0.05) is 12.0 Å². The van der Waals surface area contributed by atoms with E-state index in [9.17, 15) is 0 Å². The van der Waals surface area contributed by atoms with E-state index in [0.29, 0.717) is 5.41 Å². The van der Waals surface area contributed by atoms with E-state index in [0.717, 1.165) is 0 Å². The minimum atomic E-state index is 0.385. The Bertz CT molecular complexity index is 281. The molecular weight excluding hydrogens is 182 g/mol. The highest BCUT2D eigenvalue weighted by Crippen LogP contribution is 2.32. The number of hydrogen-bond donors (Lipinski definition) is 0. The van der Waals surface area contributed by atoms with Crippen molar-refractivity contribution in [3.63, 3.8) is 0 Å². The molecule has 1 saturated heterocycles. The Labute approximate surface area is 94.1 Å². The monoisotopic (exact) mass is 205 g/mol. The van der Waals surface area contributed by atoms with E-state index in [2.05, 4.69) is 49.2 Å². The van der Waals surface area contributed by atoms with E-state index >= 15 is 0 Å². The second-order valence-corrected chi connectivity index (χ2v) is 4.41. The molecule has 1 aromatic carbocycles. The Balaban J connectivity index is 0.000000531. The Morgan fingerprint density at radius 1 is 1.13 bits per heavy atom. The number of likely N-dealkylation sites (N-methyl/N-ethyl adjacent to an activating group) is 1. The van der Waals surface area contributed by atoms with Crippen LogP contribution in [0.15, 0.2) is 30.3 Å². The van der Waals surface area contributed by atoms with E-state index in [4.69, 9.17) is 0 Å². The molecule has 84 valence electrons. The summed E-state index contributed by atoms with van der Waals surface area (Å²) in [4.78, 5) is 2.41. The van der Waals surface area contributed by atoms with Crippen LogP contribution in [-0.2, 0) is 5.41 Å². The zero-order chi connectivity index (χ0) is 11.3. The maximum Gasteiger partial charge on any atom is 0.00734 e. The minimum absolute atomic E-state index is 0.385. The molecule has 1 nitrogen and oxygen atoms in total. The summed E-state index contributed by atoms with van der Waals surface area (Å²) in [7, 11) is 2.20. The van der Waals surface area contributed by atoms with Crippen LogP contribution < -0.4 is 0 Å². The highest BCUT2D eigenvalue weighted by Gasteiger charge is 2.33. The third-order valence-corrected chi connectivity index (χ3v) is 3.13. The van der Waals surface area contributed by atoms with E-state index in [1.807, 2.05) is 13.8 Å². The standard InChI is InChI=1S/C12H17N.C2H6/c1-12(8-9-13(2)10-12)11-6-4-3-5-7-11;1-2/h3-7H,8-10H2,1-2H3;1-2H3/t12-;/m0./s1. The van der Waals surface area contributed by atoms with Crippen LogP contribution in [0.25, 0.3) is 0 Å². The van der Waals surface area contributed by atoms with Crippen LogP contribution >= 0.6 is 0 Å². The predicted octanol–water partition coefficient (Wildman–Crippen LogP) is 3.31. The third kappa shape index (κ3) is 2.82. The van der Waals surface area contributed by atoms with Crippen LogP contribution in [0.3, 0.4) is 0 Å². The summed E-state index contributed by atoms with van der Waals surface area (Å²) in [5.41, 5.74) is 1.87. The molecule has 0 unspecified atom stereocenters. The average Bonchev–Trinajstić information content (AvgIpc) is 2.64. The molecule has 1 heterocycles. The van der Waals surface area contributed by atoms with Gasteiger partial charge in [-0.2, -0.15) is 0 Å².